The molecule has 1 aromatic rings. The van der Waals surface area contributed by atoms with Crippen LogP contribution in [0.1, 0.15) is 25.8 Å². The number of hydrogen-bond acceptors (Lipinski definition) is 3. The normalized spacial score (nSPS) is 10.9. The minimum atomic E-state index is -0.344. The number of rotatable bonds is 6. The molecule has 18 heavy (non-hydrogen) atoms. The summed E-state index contributed by atoms with van der Waals surface area (Å²) in [5, 5.41) is 8.64. The van der Waals surface area contributed by atoms with Crippen LogP contribution in [0, 0.1) is 23.1 Å². The predicted octanol–water partition coefficient (Wildman–Crippen LogP) is 2.78. The molecule has 0 fully saturated rings. The second-order valence-corrected chi connectivity index (χ2v) is 4.86. The van der Waals surface area contributed by atoms with Gasteiger partial charge in [-0.25, -0.2) is 4.39 Å². The first-order chi connectivity index (χ1) is 8.54. The first-order valence-corrected chi connectivity index (χ1v) is 6.16. The van der Waals surface area contributed by atoms with Crippen molar-refractivity contribution in [2.75, 3.05) is 18.8 Å². The van der Waals surface area contributed by atoms with Gasteiger partial charge < -0.3 is 5.73 Å². The van der Waals surface area contributed by atoms with Crippen molar-refractivity contribution in [2.24, 2.45) is 5.92 Å². The van der Waals surface area contributed by atoms with E-state index in [4.69, 9.17) is 11.0 Å². The molecule has 98 valence electrons. The van der Waals surface area contributed by atoms with Crippen molar-refractivity contribution in [1.82, 2.24) is 4.90 Å². The van der Waals surface area contributed by atoms with Crippen molar-refractivity contribution in [1.29, 1.82) is 5.26 Å². The molecule has 0 aromatic heterocycles. The smallest absolute Gasteiger partial charge is 0.150 e. The van der Waals surface area contributed by atoms with Crippen molar-refractivity contribution in [3.63, 3.8) is 0 Å². The molecule has 1 rings (SSSR count). The minimum absolute atomic E-state index is 0.178. The van der Waals surface area contributed by atoms with E-state index < -0.39 is 0 Å². The lowest BCUT2D eigenvalue weighted by atomic mass is 10.1. The van der Waals surface area contributed by atoms with Crippen LogP contribution >= 0.6 is 0 Å². The van der Waals surface area contributed by atoms with Crippen molar-refractivity contribution in [3.05, 3.63) is 29.6 Å². The number of nitrogen functional groups attached to an aromatic ring is 1. The fourth-order valence-corrected chi connectivity index (χ4v) is 1.92. The number of nitrogens with two attached hydrogens (primary N) is 1. The Morgan fingerprint density at radius 2 is 2.17 bits per heavy atom. The lowest BCUT2D eigenvalue weighted by Crippen LogP contribution is -2.28. The summed E-state index contributed by atoms with van der Waals surface area (Å²) in [6, 6.07) is 7.18. The van der Waals surface area contributed by atoms with Crippen molar-refractivity contribution < 1.29 is 4.39 Å². The minimum Gasteiger partial charge on any atom is -0.396 e. The molecule has 0 spiro atoms. The molecule has 0 unspecified atom stereocenters. The van der Waals surface area contributed by atoms with Gasteiger partial charge in [0.15, 0.2) is 5.82 Å². The summed E-state index contributed by atoms with van der Waals surface area (Å²) in [7, 11) is 0. The summed E-state index contributed by atoms with van der Waals surface area (Å²) in [5.74, 6) is 0.135. The number of halogens is 1. The number of anilines is 1. The van der Waals surface area contributed by atoms with Gasteiger partial charge in [0.05, 0.1) is 11.8 Å². The van der Waals surface area contributed by atoms with Crippen LogP contribution in [0.3, 0.4) is 0 Å². The largest absolute Gasteiger partial charge is 0.396 e. The summed E-state index contributed by atoms with van der Waals surface area (Å²) in [6.07, 6.45) is 0.455. The van der Waals surface area contributed by atoms with Crippen molar-refractivity contribution >= 4 is 5.69 Å². The molecule has 0 aliphatic heterocycles. The van der Waals surface area contributed by atoms with Crippen LogP contribution in [-0.4, -0.2) is 18.0 Å². The Balaban J connectivity index is 2.75. The highest BCUT2D eigenvalue weighted by Gasteiger charge is 2.12. The Labute approximate surface area is 108 Å². The van der Waals surface area contributed by atoms with Crippen molar-refractivity contribution in [3.8, 4) is 6.07 Å². The second-order valence-electron chi connectivity index (χ2n) is 4.86. The summed E-state index contributed by atoms with van der Waals surface area (Å²) in [4.78, 5) is 2.09. The maximum absolute atomic E-state index is 13.8. The Morgan fingerprint density at radius 1 is 1.44 bits per heavy atom. The summed E-state index contributed by atoms with van der Waals surface area (Å²) in [6.45, 7) is 6.21. The molecule has 0 radical (unpaired) electrons. The van der Waals surface area contributed by atoms with Gasteiger partial charge in [-0.3, -0.25) is 4.90 Å². The number of benzene rings is 1. The van der Waals surface area contributed by atoms with Crippen LogP contribution in [-0.2, 0) is 6.54 Å². The standard InChI is InChI=1S/C14H20FN3/c1-11(2)9-18(8-4-7-16)10-12-5-3-6-13(17)14(12)15/h3,5-6,11H,4,8-10,17H2,1-2H3. The zero-order valence-corrected chi connectivity index (χ0v) is 11.0. The van der Waals surface area contributed by atoms with Gasteiger partial charge in [-0.2, -0.15) is 5.26 Å². The van der Waals surface area contributed by atoms with E-state index in [9.17, 15) is 4.39 Å². The van der Waals surface area contributed by atoms with Crippen LogP contribution in [0.5, 0.6) is 0 Å². The van der Waals surface area contributed by atoms with Gasteiger partial charge in [0.1, 0.15) is 0 Å². The Hall–Kier alpha value is -1.60. The van der Waals surface area contributed by atoms with Gasteiger partial charge in [0, 0.05) is 31.6 Å². The lowest BCUT2D eigenvalue weighted by molar-refractivity contribution is 0.238. The van der Waals surface area contributed by atoms with Gasteiger partial charge in [0.25, 0.3) is 0 Å². The van der Waals surface area contributed by atoms with Crippen LogP contribution in [0.4, 0.5) is 10.1 Å². The van der Waals surface area contributed by atoms with E-state index in [1.165, 1.54) is 0 Å². The third-order valence-corrected chi connectivity index (χ3v) is 2.67. The SMILES string of the molecule is CC(C)CN(CCC#N)Cc1cccc(N)c1F. The van der Waals surface area contributed by atoms with E-state index in [2.05, 4.69) is 24.8 Å². The topological polar surface area (TPSA) is 53.0 Å². The maximum Gasteiger partial charge on any atom is 0.150 e. The quantitative estimate of drug-likeness (QED) is 0.789. The van der Waals surface area contributed by atoms with Crippen molar-refractivity contribution in [2.45, 2.75) is 26.8 Å². The van der Waals surface area contributed by atoms with Crippen LogP contribution in [0.15, 0.2) is 18.2 Å². The van der Waals surface area contributed by atoms with E-state index in [-0.39, 0.29) is 11.5 Å². The Bertz CT molecular complexity index is 424. The fourth-order valence-electron chi connectivity index (χ4n) is 1.92. The molecule has 0 saturated carbocycles. The second kappa shape index (κ2) is 6.97. The molecule has 3 nitrogen and oxygen atoms in total. The van der Waals surface area contributed by atoms with Gasteiger partial charge in [-0.15, -0.1) is 0 Å². The van der Waals surface area contributed by atoms with E-state index >= 15 is 0 Å². The molecular formula is C14H20FN3. The molecule has 0 bridgehead atoms. The third kappa shape index (κ3) is 4.34. The van der Waals surface area contributed by atoms with Crippen LogP contribution in [0.2, 0.25) is 0 Å². The van der Waals surface area contributed by atoms with Gasteiger partial charge in [-0.1, -0.05) is 26.0 Å². The molecule has 1 aromatic carbocycles. The molecular weight excluding hydrogens is 229 g/mol. The zero-order chi connectivity index (χ0) is 13.5. The number of nitrogens with zero attached hydrogens (tertiary/aromatic N) is 2. The average Bonchev–Trinajstić information content (AvgIpc) is 2.31. The van der Waals surface area contributed by atoms with Gasteiger partial charge >= 0.3 is 0 Å². The highest BCUT2D eigenvalue weighted by molar-refractivity contribution is 5.42. The lowest BCUT2D eigenvalue weighted by Gasteiger charge is -2.23. The molecule has 0 amide bonds. The maximum atomic E-state index is 13.8. The molecule has 0 aliphatic rings. The number of hydrogen-bond donors (Lipinski definition) is 1. The van der Waals surface area contributed by atoms with Gasteiger partial charge in [0.2, 0.25) is 0 Å². The molecule has 0 aliphatic carbocycles. The third-order valence-electron chi connectivity index (χ3n) is 2.67. The van der Waals surface area contributed by atoms with E-state index in [1.54, 1.807) is 18.2 Å². The molecule has 0 heterocycles. The molecule has 0 atom stereocenters. The zero-order valence-electron chi connectivity index (χ0n) is 11.0. The van der Waals surface area contributed by atoms with Crippen LogP contribution in [0.25, 0.3) is 0 Å². The van der Waals surface area contributed by atoms with Crippen LogP contribution < -0.4 is 5.73 Å². The highest BCUT2D eigenvalue weighted by atomic mass is 19.1. The summed E-state index contributed by atoms with van der Waals surface area (Å²) in [5.41, 5.74) is 6.32. The fraction of sp³-hybridized carbons (Fsp3) is 0.500. The van der Waals surface area contributed by atoms with E-state index in [1.807, 2.05) is 0 Å². The monoisotopic (exact) mass is 249 g/mol. The first kappa shape index (κ1) is 14.5. The molecule has 4 heteroatoms. The van der Waals surface area contributed by atoms with E-state index in [0.717, 1.165) is 6.54 Å². The first-order valence-electron chi connectivity index (χ1n) is 6.16. The summed E-state index contributed by atoms with van der Waals surface area (Å²) < 4.78 is 13.8. The predicted molar refractivity (Wildman–Crippen MR) is 71.2 cm³/mol. The number of nitriles is 1. The molecule has 2 N–H and O–H groups in total. The van der Waals surface area contributed by atoms with E-state index in [0.29, 0.717) is 31.0 Å². The molecule has 0 saturated heterocycles. The van der Waals surface area contributed by atoms with Gasteiger partial charge in [-0.05, 0) is 12.0 Å². The average molecular weight is 249 g/mol. The highest BCUT2D eigenvalue weighted by Crippen LogP contribution is 2.17. The Morgan fingerprint density at radius 3 is 2.78 bits per heavy atom. The Kier molecular flexibility index (Phi) is 5.60. The summed E-state index contributed by atoms with van der Waals surface area (Å²) >= 11 is 0.